The van der Waals surface area contributed by atoms with Crippen LogP contribution in [0.2, 0.25) is 0 Å². The normalized spacial score (nSPS) is 9.09. The highest BCUT2D eigenvalue weighted by Crippen LogP contribution is 2.06. The maximum atomic E-state index is 8.48. The van der Waals surface area contributed by atoms with E-state index < -0.39 is 0 Å². The van der Waals surface area contributed by atoms with Crippen LogP contribution in [-0.4, -0.2) is 0 Å². The molecule has 0 saturated heterocycles. The average molecular weight is 149 g/mol. The molecular weight excluding hydrogens is 142 g/mol. The number of nitrogen functional groups attached to an aromatic ring is 1. The molecule has 11 heavy (non-hydrogen) atoms. The molecule has 0 spiro atoms. The van der Waals surface area contributed by atoms with Crippen LogP contribution >= 0.6 is 0 Å². The number of anilines is 1. The summed E-state index contributed by atoms with van der Waals surface area (Å²) in [5, 5.41) is 15.7. The molecule has 0 radical (unpaired) electrons. The van der Waals surface area contributed by atoms with Crippen molar-refractivity contribution in [1.82, 2.24) is 0 Å². The van der Waals surface area contributed by atoms with Gasteiger partial charge in [0.1, 0.15) is 17.4 Å². The highest BCUT2D eigenvalue weighted by Gasteiger charge is 2.02. The highest BCUT2D eigenvalue weighted by atomic mass is 16.3. The third kappa shape index (κ3) is 1.22. The fourth-order valence-corrected chi connectivity index (χ4v) is 0.779. The van der Waals surface area contributed by atoms with Crippen LogP contribution < -0.4 is 11.3 Å². The SMILES string of the molecule is Cc1cc(N)c(C#N)c(=N)o1. The molecule has 0 fully saturated rings. The minimum Gasteiger partial charge on any atom is -0.443 e. The van der Waals surface area contributed by atoms with Gasteiger partial charge in [0, 0.05) is 6.07 Å². The number of aryl methyl sites for hydroxylation is 1. The summed E-state index contributed by atoms with van der Waals surface area (Å²) in [5.41, 5.74) is 5.64. The monoisotopic (exact) mass is 149 g/mol. The van der Waals surface area contributed by atoms with E-state index >= 15 is 0 Å². The number of hydrogen-bond acceptors (Lipinski definition) is 4. The van der Waals surface area contributed by atoms with Crippen LogP contribution in [0, 0.1) is 23.7 Å². The summed E-state index contributed by atoms with van der Waals surface area (Å²) in [4.78, 5) is 0. The second-order valence-corrected chi connectivity index (χ2v) is 2.13. The molecule has 0 amide bonds. The topological polar surface area (TPSA) is 86.8 Å². The van der Waals surface area contributed by atoms with E-state index in [1.807, 2.05) is 0 Å². The fraction of sp³-hybridized carbons (Fsp3) is 0.143. The summed E-state index contributed by atoms with van der Waals surface area (Å²) in [7, 11) is 0. The van der Waals surface area contributed by atoms with Gasteiger partial charge in [-0.25, -0.2) is 0 Å². The van der Waals surface area contributed by atoms with Crippen molar-refractivity contribution in [1.29, 1.82) is 10.7 Å². The third-order valence-electron chi connectivity index (χ3n) is 1.25. The van der Waals surface area contributed by atoms with Gasteiger partial charge < -0.3 is 10.2 Å². The molecule has 56 valence electrons. The lowest BCUT2D eigenvalue weighted by Crippen LogP contribution is -2.08. The molecule has 3 N–H and O–H groups in total. The summed E-state index contributed by atoms with van der Waals surface area (Å²) < 4.78 is 4.84. The Morgan fingerprint density at radius 1 is 1.73 bits per heavy atom. The smallest absolute Gasteiger partial charge is 0.231 e. The minimum absolute atomic E-state index is 0.0931. The van der Waals surface area contributed by atoms with Crippen LogP contribution in [0.3, 0.4) is 0 Å². The van der Waals surface area contributed by atoms with Gasteiger partial charge in [-0.2, -0.15) is 5.26 Å². The molecule has 0 aromatic carbocycles. The summed E-state index contributed by atoms with van der Waals surface area (Å²) in [6, 6.07) is 3.31. The summed E-state index contributed by atoms with van der Waals surface area (Å²) in [6.07, 6.45) is 0. The lowest BCUT2D eigenvalue weighted by molar-refractivity contribution is 0.457. The van der Waals surface area contributed by atoms with Crippen molar-refractivity contribution < 1.29 is 4.42 Å². The Labute approximate surface area is 63.4 Å². The van der Waals surface area contributed by atoms with Crippen LogP contribution in [0.5, 0.6) is 0 Å². The molecule has 0 aliphatic carbocycles. The van der Waals surface area contributed by atoms with E-state index in [1.165, 1.54) is 6.07 Å². The molecule has 4 nitrogen and oxygen atoms in total. The Morgan fingerprint density at radius 3 is 2.82 bits per heavy atom. The van der Waals surface area contributed by atoms with Gasteiger partial charge in [0.2, 0.25) is 5.55 Å². The van der Waals surface area contributed by atoms with Crippen molar-refractivity contribution in [3.8, 4) is 6.07 Å². The van der Waals surface area contributed by atoms with Crippen LogP contribution in [-0.2, 0) is 0 Å². The molecule has 0 atom stereocenters. The van der Waals surface area contributed by atoms with Crippen molar-refractivity contribution >= 4 is 5.69 Å². The van der Waals surface area contributed by atoms with Crippen molar-refractivity contribution in [3.63, 3.8) is 0 Å². The molecule has 1 heterocycles. The second-order valence-electron chi connectivity index (χ2n) is 2.13. The maximum absolute atomic E-state index is 8.48. The van der Waals surface area contributed by atoms with E-state index in [9.17, 15) is 0 Å². The molecular formula is C7H7N3O. The van der Waals surface area contributed by atoms with E-state index in [0.29, 0.717) is 11.4 Å². The number of nitrogens with zero attached hydrogens (tertiary/aromatic N) is 1. The van der Waals surface area contributed by atoms with E-state index in [4.69, 9.17) is 20.8 Å². The molecule has 1 aromatic heterocycles. The molecule has 4 heteroatoms. The zero-order valence-corrected chi connectivity index (χ0v) is 6.01. The van der Waals surface area contributed by atoms with Gasteiger partial charge >= 0.3 is 0 Å². The number of hydrogen-bond donors (Lipinski definition) is 2. The van der Waals surface area contributed by atoms with Crippen LogP contribution in [0.15, 0.2) is 10.5 Å². The van der Waals surface area contributed by atoms with Gasteiger partial charge in [0.25, 0.3) is 0 Å². The Morgan fingerprint density at radius 2 is 2.36 bits per heavy atom. The Hall–Kier alpha value is -1.76. The van der Waals surface area contributed by atoms with Crippen molar-refractivity contribution in [2.45, 2.75) is 6.92 Å². The van der Waals surface area contributed by atoms with Gasteiger partial charge in [-0.05, 0) is 6.92 Å². The number of nitrogens with one attached hydrogen (secondary N) is 1. The first kappa shape index (κ1) is 7.35. The largest absolute Gasteiger partial charge is 0.443 e. The zero-order chi connectivity index (χ0) is 8.43. The van der Waals surface area contributed by atoms with Gasteiger partial charge in [0.05, 0.1) is 5.69 Å². The van der Waals surface area contributed by atoms with Gasteiger partial charge in [-0.15, -0.1) is 0 Å². The molecule has 0 saturated carbocycles. The first-order valence-corrected chi connectivity index (χ1v) is 3.00. The Balaban J connectivity index is 3.53. The van der Waals surface area contributed by atoms with Gasteiger partial charge in [0.15, 0.2) is 0 Å². The summed E-state index contributed by atoms with van der Waals surface area (Å²) >= 11 is 0. The lowest BCUT2D eigenvalue weighted by Gasteiger charge is -1.96. The molecule has 0 aliphatic rings. The van der Waals surface area contributed by atoms with Crippen LogP contribution in [0.4, 0.5) is 5.69 Å². The van der Waals surface area contributed by atoms with Crippen LogP contribution in [0.1, 0.15) is 11.3 Å². The summed E-state index contributed by atoms with van der Waals surface area (Å²) in [6.45, 7) is 1.68. The van der Waals surface area contributed by atoms with E-state index in [0.717, 1.165) is 0 Å². The number of nitrogens with two attached hydrogens (primary N) is 1. The molecule has 0 bridgehead atoms. The zero-order valence-electron chi connectivity index (χ0n) is 6.01. The number of rotatable bonds is 0. The predicted octanol–water partition coefficient (Wildman–Crippen LogP) is 0.521. The second kappa shape index (κ2) is 2.46. The number of nitriles is 1. The molecule has 1 rings (SSSR count). The Bertz CT molecular complexity index is 372. The highest BCUT2D eigenvalue weighted by molar-refractivity contribution is 5.51. The minimum atomic E-state index is -0.176. The molecule has 1 aromatic rings. The van der Waals surface area contributed by atoms with E-state index in [1.54, 1.807) is 13.0 Å². The molecule has 0 aliphatic heterocycles. The third-order valence-corrected chi connectivity index (χ3v) is 1.25. The van der Waals surface area contributed by atoms with Gasteiger partial charge in [-0.3, -0.25) is 5.41 Å². The maximum Gasteiger partial charge on any atom is 0.231 e. The fourth-order valence-electron chi connectivity index (χ4n) is 0.779. The van der Waals surface area contributed by atoms with Crippen molar-refractivity contribution in [2.24, 2.45) is 0 Å². The van der Waals surface area contributed by atoms with E-state index in [2.05, 4.69) is 0 Å². The van der Waals surface area contributed by atoms with Crippen LogP contribution in [0.25, 0.3) is 0 Å². The first-order valence-electron chi connectivity index (χ1n) is 3.00. The van der Waals surface area contributed by atoms with Crippen molar-refractivity contribution in [3.05, 3.63) is 22.9 Å². The quantitative estimate of drug-likeness (QED) is 0.563. The van der Waals surface area contributed by atoms with E-state index in [-0.39, 0.29) is 11.1 Å². The Kier molecular flexibility index (Phi) is 1.65. The predicted molar refractivity (Wildman–Crippen MR) is 38.4 cm³/mol. The summed E-state index contributed by atoms with van der Waals surface area (Å²) in [5.74, 6) is 0.534. The molecule has 0 unspecified atom stereocenters. The standard InChI is InChI=1S/C7H7N3O/c1-4-2-6(9)5(3-8)7(10)11-4/h2,10H,9H2,1H3. The van der Waals surface area contributed by atoms with Gasteiger partial charge in [-0.1, -0.05) is 0 Å². The lowest BCUT2D eigenvalue weighted by atomic mass is 10.2. The van der Waals surface area contributed by atoms with Crippen molar-refractivity contribution in [2.75, 3.05) is 5.73 Å². The first-order chi connectivity index (χ1) is 5.15. The average Bonchev–Trinajstić information content (AvgIpc) is 1.85.